The molecule has 4 nitrogen and oxygen atoms in total. The van der Waals surface area contributed by atoms with Crippen molar-refractivity contribution in [2.24, 2.45) is 0 Å². The number of rotatable bonds is 5. The van der Waals surface area contributed by atoms with E-state index < -0.39 is 0 Å². The Hall–Kier alpha value is -4.41. The lowest BCUT2D eigenvalue weighted by molar-refractivity contribution is 0.104. The molecular weight excluding hydrogens is 370 g/mol. The fraction of sp³-hybridized carbons (Fsp3) is 0.0385. The zero-order chi connectivity index (χ0) is 20.9. The third-order valence-corrected chi connectivity index (χ3v) is 5.00. The SMILES string of the molecule is N#C/C(=C\c1cn(Cc2ccccc2C#N)c2ccccc12)C(=O)c1ccccc1. The Bertz CT molecular complexity index is 1350. The van der Waals surface area contributed by atoms with Gasteiger partial charge in [0.15, 0.2) is 0 Å². The Morgan fingerprint density at radius 3 is 2.37 bits per heavy atom. The monoisotopic (exact) mass is 387 g/mol. The Morgan fingerprint density at radius 1 is 0.900 bits per heavy atom. The first-order chi connectivity index (χ1) is 14.7. The van der Waals surface area contributed by atoms with Gasteiger partial charge in [0.05, 0.1) is 11.6 Å². The van der Waals surface area contributed by atoms with Gasteiger partial charge in [-0.05, 0) is 23.8 Å². The van der Waals surface area contributed by atoms with Crippen LogP contribution in [0.25, 0.3) is 17.0 Å². The molecule has 0 radical (unpaired) electrons. The summed E-state index contributed by atoms with van der Waals surface area (Å²) in [5, 5.41) is 20.0. The van der Waals surface area contributed by atoms with Crippen molar-refractivity contribution in [1.82, 2.24) is 4.57 Å². The van der Waals surface area contributed by atoms with Gasteiger partial charge in [-0.1, -0.05) is 66.7 Å². The van der Waals surface area contributed by atoms with E-state index in [1.54, 1.807) is 36.4 Å². The number of benzene rings is 3. The number of ketones is 1. The van der Waals surface area contributed by atoms with Gasteiger partial charge < -0.3 is 4.57 Å². The number of para-hydroxylation sites is 1. The second-order valence-electron chi connectivity index (χ2n) is 6.86. The maximum absolute atomic E-state index is 12.8. The van der Waals surface area contributed by atoms with E-state index in [0.717, 1.165) is 22.0 Å². The molecule has 1 aromatic heterocycles. The van der Waals surface area contributed by atoms with Crippen LogP contribution >= 0.6 is 0 Å². The lowest BCUT2D eigenvalue weighted by Gasteiger charge is -2.07. The molecule has 0 saturated carbocycles. The second-order valence-corrected chi connectivity index (χ2v) is 6.86. The van der Waals surface area contributed by atoms with Crippen LogP contribution in [0.5, 0.6) is 0 Å². The molecule has 4 heteroatoms. The summed E-state index contributed by atoms with van der Waals surface area (Å²) >= 11 is 0. The van der Waals surface area contributed by atoms with Gasteiger partial charge in [0.25, 0.3) is 0 Å². The van der Waals surface area contributed by atoms with Crippen molar-refractivity contribution in [3.05, 3.63) is 113 Å². The molecule has 3 aromatic carbocycles. The zero-order valence-electron chi connectivity index (χ0n) is 16.1. The van der Waals surface area contributed by atoms with Gasteiger partial charge in [-0.15, -0.1) is 0 Å². The van der Waals surface area contributed by atoms with E-state index in [-0.39, 0.29) is 11.4 Å². The zero-order valence-corrected chi connectivity index (χ0v) is 16.1. The molecule has 0 atom stereocenters. The number of Topliss-reactive ketones (excluding diaryl/α,β-unsaturated/α-hetero) is 1. The Labute approximate surface area is 174 Å². The number of fused-ring (bicyclic) bond motifs is 1. The molecule has 0 saturated heterocycles. The Balaban J connectivity index is 1.79. The third kappa shape index (κ3) is 3.63. The molecule has 4 aromatic rings. The molecular formula is C26H17N3O. The van der Waals surface area contributed by atoms with E-state index in [4.69, 9.17) is 0 Å². The molecule has 0 aliphatic carbocycles. The summed E-state index contributed by atoms with van der Waals surface area (Å²) in [5.41, 5.74) is 3.88. The first-order valence-electron chi connectivity index (χ1n) is 9.48. The summed E-state index contributed by atoms with van der Waals surface area (Å²) in [6.07, 6.45) is 3.57. The summed E-state index contributed by atoms with van der Waals surface area (Å²) in [7, 11) is 0. The summed E-state index contributed by atoms with van der Waals surface area (Å²) in [4.78, 5) is 12.8. The number of nitrogens with zero attached hydrogens (tertiary/aromatic N) is 3. The number of carbonyl (C=O) groups excluding carboxylic acids is 1. The van der Waals surface area contributed by atoms with Crippen LogP contribution in [0.4, 0.5) is 0 Å². The molecule has 0 N–H and O–H groups in total. The van der Waals surface area contributed by atoms with Gasteiger partial charge in [0.2, 0.25) is 5.78 Å². The van der Waals surface area contributed by atoms with Crippen molar-refractivity contribution in [1.29, 1.82) is 10.5 Å². The highest BCUT2D eigenvalue weighted by atomic mass is 16.1. The van der Waals surface area contributed by atoms with E-state index in [2.05, 4.69) is 6.07 Å². The molecule has 4 rings (SSSR count). The molecule has 30 heavy (non-hydrogen) atoms. The fourth-order valence-corrected chi connectivity index (χ4v) is 3.52. The van der Waals surface area contributed by atoms with Crippen LogP contribution in [0.3, 0.4) is 0 Å². The highest BCUT2D eigenvalue weighted by Crippen LogP contribution is 2.26. The topological polar surface area (TPSA) is 69.6 Å². The highest BCUT2D eigenvalue weighted by molar-refractivity contribution is 6.14. The number of aromatic nitrogens is 1. The molecule has 0 aliphatic heterocycles. The van der Waals surface area contributed by atoms with Gasteiger partial charge in [-0.25, -0.2) is 0 Å². The maximum atomic E-state index is 12.8. The average molecular weight is 387 g/mol. The third-order valence-electron chi connectivity index (χ3n) is 5.00. The lowest BCUT2D eigenvalue weighted by Crippen LogP contribution is -2.01. The van der Waals surface area contributed by atoms with Crippen molar-refractivity contribution in [3.63, 3.8) is 0 Å². The minimum Gasteiger partial charge on any atom is -0.342 e. The normalized spacial score (nSPS) is 11.1. The van der Waals surface area contributed by atoms with E-state index in [1.165, 1.54) is 0 Å². The molecule has 0 unspecified atom stereocenters. The van der Waals surface area contributed by atoms with E-state index in [0.29, 0.717) is 17.7 Å². The fourth-order valence-electron chi connectivity index (χ4n) is 3.52. The van der Waals surface area contributed by atoms with Crippen LogP contribution in [0.1, 0.15) is 27.0 Å². The van der Waals surface area contributed by atoms with Crippen LogP contribution in [0.15, 0.2) is 90.6 Å². The predicted octanol–water partition coefficient (Wildman–Crippen LogP) is 5.35. The van der Waals surface area contributed by atoms with Gasteiger partial charge in [0, 0.05) is 34.8 Å². The van der Waals surface area contributed by atoms with Gasteiger partial charge in [0.1, 0.15) is 11.6 Å². The van der Waals surface area contributed by atoms with Crippen LogP contribution in [0.2, 0.25) is 0 Å². The quantitative estimate of drug-likeness (QED) is 0.263. The minimum atomic E-state index is -0.301. The number of allylic oxidation sites excluding steroid dienone is 1. The van der Waals surface area contributed by atoms with Crippen LogP contribution < -0.4 is 0 Å². The Kier molecular flexibility index (Phi) is 5.24. The first-order valence-corrected chi connectivity index (χ1v) is 9.48. The summed E-state index contributed by atoms with van der Waals surface area (Å²) in [6.45, 7) is 0.520. The molecule has 142 valence electrons. The molecule has 0 fully saturated rings. The maximum Gasteiger partial charge on any atom is 0.203 e. The van der Waals surface area contributed by atoms with E-state index >= 15 is 0 Å². The van der Waals surface area contributed by atoms with E-state index in [1.807, 2.05) is 65.4 Å². The van der Waals surface area contributed by atoms with Gasteiger partial charge in [-0.2, -0.15) is 10.5 Å². The predicted molar refractivity (Wildman–Crippen MR) is 117 cm³/mol. The van der Waals surface area contributed by atoms with Gasteiger partial charge in [-0.3, -0.25) is 4.79 Å². The smallest absolute Gasteiger partial charge is 0.203 e. The number of hydrogen-bond donors (Lipinski definition) is 0. The molecule has 0 aliphatic rings. The number of carbonyl (C=O) groups is 1. The Morgan fingerprint density at radius 2 is 1.60 bits per heavy atom. The molecule has 1 heterocycles. The summed E-state index contributed by atoms with van der Waals surface area (Å²) < 4.78 is 2.04. The number of hydrogen-bond acceptors (Lipinski definition) is 3. The average Bonchev–Trinajstić information content (AvgIpc) is 3.15. The standard InChI is InChI=1S/C26H17N3O/c27-15-20-10-4-5-11-21(20)17-29-18-23(24-12-6-7-13-25(24)29)14-22(16-28)26(30)19-8-2-1-3-9-19/h1-14,18H,17H2/b22-14+. The molecule has 0 amide bonds. The van der Waals surface area contributed by atoms with Crippen LogP contribution in [0, 0.1) is 22.7 Å². The second kappa shape index (κ2) is 8.31. The highest BCUT2D eigenvalue weighted by Gasteiger charge is 2.14. The largest absolute Gasteiger partial charge is 0.342 e. The first kappa shape index (κ1) is 18.9. The molecule has 0 bridgehead atoms. The lowest BCUT2D eigenvalue weighted by atomic mass is 10.0. The van der Waals surface area contributed by atoms with Crippen molar-refractivity contribution >= 4 is 22.8 Å². The van der Waals surface area contributed by atoms with Crippen molar-refractivity contribution in [3.8, 4) is 12.1 Å². The van der Waals surface area contributed by atoms with Gasteiger partial charge >= 0.3 is 0 Å². The van der Waals surface area contributed by atoms with Crippen molar-refractivity contribution in [2.75, 3.05) is 0 Å². The summed E-state index contributed by atoms with van der Waals surface area (Å²) in [6, 6.07) is 28.4. The van der Waals surface area contributed by atoms with Crippen LogP contribution in [-0.4, -0.2) is 10.4 Å². The van der Waals surface area contributed by atoms with Crippen molar-refractivity contribution < 1.29 is 4.79 Å². The summed E-state index contributed by atoms with van der Waals surface area (Å²) in [5.74, 6) is -0.301. The van der Waals surface area contributed by atoms with Crippen molar-refractivity contribution in [2.45, 2.75) is 6.54 Å². The number of nitriles is 2. The molecule has 0 spiro atoms. The van der Waals surface area contributed by atoms with Crippen LogP contribution in [-0.2, 0) is 6.54 Å². The minimum absolute atomic E-state index is 0.0847. The van der Waals surface area contributed by atoms with E-state index in [9.17, 15) is 15.3 Å².